The van der Waals surface area contributed by atoms with E-state index >= 15 is 0 Å². The van der Waals surface area contributed by atoms with Crippen LogP contribution < -0.4 is 15.2 Å². The lowest BCUT2D eigenvalue weighted by molar-refractivity contribution is 0.397. The van der Waals surface area contributed by atoms with Crippen molar-refractivity contribution in [1.29, 1.82) is 0 Å². The number of methoxy groups -OCH3 is 2. The van der Waals surface area contributed by atoms with E-state index in [1.807, 2.05) is 12.1 Å². The molecule has 6 heteroatoms. The minimum atomic E-state index is 0.321. The van der Waals surface area contributed by atoms with Crippen LogP contribution in [0.4, 0.5) is 5.82 Å². The fourth-order valence-electron chi connectivity index (χ4n) is 1.88. The second-order valence-electron chi connectivity index (χ2n) is 3.81. The van der Waals surface area contributed by atoms with E-state index in [1.54, 1.807) is 20.3 Å². The first-order valence-corrected chi connectivity index (χ1v) is 5.30. The lowest BCUT2D eigenvalue weighted by Gasteiger charge is -2.07. The average Bonchev–Trinajstić information content (AvgIpc) is 2.76. The number of ether oxygens (including phenoxy) is 2. The molecular formula is C12H11N3O3. The van der Waals surface area contributed by atoms with E-state index in [4.69, 9.17) is 19.7 Å². The third-order valence-electron chi connectivity index (χ3n) is 2.78. The highest BCUT2D eigenvalue weighted by Gasteiger charge is 2.12. The van der Waals surface area contributed by atoms with E-state index in [0.29, 0.717) is 33.9 Å². The molecule has 3 aromatic rings. The summed E-state index contributed by atoms with van der Waals surface area (Å²) in [4.78, 5) is 4.35. The summed E-state index contributed by atoms with van der Waals surface area (Å²) in [6.45, 7) is 0. The molecular weight excluding hydrogens is 234 g/mol. The van der Waals surface area contributed by atoms with Gasteiger partial charge in [-0.3, -0.25) is 0 Å². The molecule has 0 amide bonds. The van der Waals surface area contributed by atoms with E-state index in [1.165, 1.54) is 0 Å². The predicted molar refractivity (Wildman–Crippen MR) is 66.8 cm³/mol. The molecule has 6 nitrogen and oxygen atoms in total. The highest BCUT2D eigenvalue weighted by atomic mass is 16.5. The van der Waals surface area contributed by atoms with E-state index in [0.717, 1.165) is 5.39 Å². The molecule has 0 aliphatic rings. The highest BCUT2D eigenvalue weighted by molar-refractivity contribution is 5.98. The van der Waals surface area contributed by atoms with E-state index < -0.39 is 0 Å². The van der Waals surface area contributed by atoms with Gasteiger partial charge in [-0.25, -0.2) is 4.98 Å². The first kappa shape index (κ1) is 10.6. The van der Waals surface area contributed by atoms with Crippen molar-refractivity contribution in [3.8, 4) is 11.5 Å². The Morgan fingerprint density at radius 2 is 2.00 bits per heavy atom. The Labute approximate surface area is 102 Å². The normalized spacial score (nSPS) is 11.0. The number of hydrogen-bond acceptors (Lipinski definition) is 6. The number of fused-ring (bicyclic) bond motifs is 2. The summed E-state index contributed by atoms with van der Waals surface area (Å²) in [7, 11) is 3.18. The van der Waals surface area contributed by atoms with E-state index in [2.05, 4.69) is 10.1 Å². The quantitative estimate of drug-likeness (QED) is 0.743. The van der Waals surface area contributed by atoms with Gasteiger partial charge in [0, 0.05) is 11.5 Å². The Balaban J connectivity index is 2.42. The number of anilines is 1. The molecule has 0 saturated heterocycles. The number of aromatic nitrogens is 2. The third-order valence-corrected chi connectivity index (χ3v) is 2.78. The number of pyridine rings is 1. The van der Waals surface area contributed by atoms with Gasteiger partial charge in [0.15, 0.2) is 5.82 Å². The van der Waals surface area contributed by atoms with Crippen molar-refractivity contribution in [2.24, 2.45) is 0 Å². The lowest BCUT2D eigenvalue weighted by atomic mass is 10.1. The molecule has 0 spiro atoms. The SMILES string of the molecule is COc1cc(OC)c2nc3onc(N)c3cc2c1. The topological polar surface area (TPSA) is 83.4 Å². The fourth-order valence-corrected chi connectivity index (χ4v) is 1.88. The average molecular weight is 245 g/mol. The lowest BCUT2D eigenvalue weighted by Crippen LogP contribution is -1.91. The molecule has 3 rings (SSSR count). The van der Waals surface area contributed by atoms with Gasteiger partial charge in [-0.15, -0.1) is 0 Å². The molecule has 0 aliphatic carbocycles. The number of hydrogen-bond donors (Lipinski definition) is 1. The summed E-state index contributed by atoms with van der Waals surface area (Å²) in [6.07, 6.45) is 0. The minimum absolute atomic E-state index is 0.321. The molecule has 0 radical (unpaired) electrons. The second-order valence-corrected chi connectivity index (χ2v) is 3.81. The molecule has 2 heterocycles. The van der Waals surface area contributed by atoms with Gasteiger partial charge in [-0.05, 0) is 12.1 Å². The number of benzene rings is 1. The maximum Gasteiger partial charge on any atom is 0.260 e. The van der Waals surface area contributed by atoms with Gasteiger partial charge in [0.1, 0.15) is 17.0 Å². The van der Waals surface area contributed by atoms with Gasteiger partial charge in [-0.1, -0.05) is 5.16 Å². The number of rotatable bonds is 2. The molecule has 1 aromatic carbocycles. The maximum atomic E-state index is 5.70. The van der Waals surface area contributed by atoms with Crippen molar-refractivity contribution in [2.45, 2.75) is 0 Å². The van der Waals surface area contributed by atoms with Crippen LogP contribution in [-0.2, 0) is 0 Å². The van der Waals surface area contributed by atoms with Crippen LogP contribution in [0, 0.1) is 0 Å². The van der Waals surface area contributed by atoms with Gasteiger partial charge in [0.2, 0.25) is 0 Å². The summed E-state index contributed by atoms with van der Waals surface area (Å²) < 4.78 is 15.5. The molecule has 92 valence electrons. The van der Waals surface area contributed by atoms with Crippen LogP contribution in [0.25, 0.3) is 22.0 Å². The monoisotopic (exact) mass is 245 g/mol. The number of nitrogen functional groups attached to an aromatic ring is 1. The Hall–Kier alpha value is -2.50. The standard InChI is InChI=1S/C12H11N3O3/c1-16-7-3-6-4-8-11(13)15-18-12(8)14-10(6)9(5-7)17-2/h3-5H,1-2H3,(H2,13,15). The molecule has 0 bridgehead atoms. The molecule has 0 unspecified atom stereocenters. The summed E-state index contributed by atoms with van der Waals surface area (Å²) in [5.41, 5.74) is 6.78. The van der Waals surface area contributed by atoms with Crippen molar-refractivity contribution in [2.75, 3.05) is 20.0 Å². The molecule has 0 aliphatic heterocycles. The van der Waals surface area contributed by atoms with Crippen molar-refractivity contribution >= 4 is 27.8 Å². The molecule has 18 heavy (non-hydrogen) atoms. The van der Waals surface area contributed by atoms with Gasteiger partial charge in [0.25, 0.3) is 5.71 Å². The molecule has 2 N–H and O–H groups in total. The number of nitrogens with zero attached hydrogens (tertiary/aromatic N) is 2. The zero-order valence-corrected chi connectivity index (χ0v) is 9.93. The smallest absolute Gasteiger partial charge is 0.260 e. The zero-order chi connectivity index (χ0) is 12.7. The largest absolute Gasteiger partial charge is 0.497 e. The maximum absolute atomic E-state index is 5.70. The van der Waals surface area contributed by atoms with Gasteiger partial charge < -0.3 is 19.7 Å². The molecule has 0 saturated carbocycles. The van der Waals surface area contributed by atoms with Crippen molar-refractivity contribution in [3.63, 3.8) is 0 Å². The zero-order valence-electron chi connectivity index (χ0n) is 9.93. The predicted octanol–water partition coefficient (Wildman–Crippen LogP) is 1.98. The second kappa shape index (κ2) is 3.76. The van der Waals surface area contributed by atoms with Crippen LogP contribution in [0.2, 0.25) is 0 Å². The van der Waals surface area contributed by atoms with Crippen molar-refractivity contribution < 1.29 is 14.0 Å². The van der Waals surface area contributed by atoms with Gasteiger partial charge in [0.05, 0.1) is 19.6 Å². The highest BCUT2D eigenvalue weighted by Crippen LogP contribution is 2.33. The van der Waals surface area contributed by atoms with Crippen LogP contribution in [0.15, 0.2) is 22.7 Å². The Kier molecular flexibility index (Phi) is 2.22. The first-order chi connectivity index (χ1) is 8.72. The van der Waals surface area contributed by atoms with Crippen molar-refractivity contribution in [1.82, 2.24) is 10.1 Å². The Morgan fingerprint density at radius 3 is 2.72 bits per heavy atom. The molecule has 0 atom stereocenters. The Bertz CT molecular complexity index is 736. The summed E-state index contributed by atoms with van der Waals surface area (Å²) in [5, 5.41) is 5.22. The van der Waals surface area contributed by atoms with E-state index in [9.17, 15) is 0 Å². The molecule has 0 fully saturated rings. The summed E-state index contributed by atoms with van der Waals surface area (Å²) in [6, 6.07) is 5.48. The van der Waals surface area contributed by atoms with Crippen molar-refractivity contribution in [3.05, 3.63) is 18.2 Å². The van der Waals surface area contributed by atoms with Crippen LogP contribution in [-0.4, -0.2) is 24.4 Å². The van der Waals surface area contributed by atoms with Crippen LogP contribution in [0.5, 0.6) is 11.5 Å². The van der Waals surface area contributed by atoms with Gasteiger partial charge in [-0.2, -0.15) is 0 Å². The minimum Gasteiger partial charge on any atom is -0.497 e. The number of nitrogens with two attached hydrogens (primary N) is 1. The van der Waals surface area contributed by atoms with Gasteiger partial charge >= 0.3 is 0 Å². The molecule has 2 aromatic heterocycles. The van der Waals surface area contributed by atoms with Crippen LogP contribution >= 0.6 is 0 Å². The fraction of sp³-hybridized carbons (Fsp3) is 0.167. The van der Waals surface area contributed by atoms with Crippen LogP contribution in [0.3, 0.4) is 0 Å². The van der Waals surface area contributed by atoms with E-state index in [-0.39, 0.29) is 0 Å². The first-order valence-electron chi connectivity index (χ1n) is 5.30. The summed E-state index contributed by atoms with van der Waals surface area (Å²) >= 11 is 0. The van der Waals surface area contributed by atoms with Crippen LogP contribution in [0.1, 0.15) is 0 Å². The Morgan fingerprint density at radius 1 is 1.17 bits per heavy atom. The summed E-state index contributed by atoms with van der Waals surface area (Å²) in [5.74, 6) is 1.62. The third kappa shape index (κ3) is 1.42.